The molecule has 5 nitrogen and oxygen atoms in total. The van der Waals surface area contributed by atoms with Crippen molar-refractivity contribution in [2.45, 2.75) is 18.2 Å². The highest BCUT2D eigenvalue weighted by atomic mass is 32.2. The number of hydrogen-bond acceptors (Lipinski definition) is 5. The zero-order chi connectivity index (χ0) is 14.8. The lowest BCUT2D eigenvalue weighted by Gasteiger charge is -2.24. The van der Waals surface area contributed by atoms with E-state index in [0.29, 0.717) is 23.1 Å². The Morgan fingerprint density at radius 3 is 2.76 bits per heavy atom. The maximum Gasteiger partial charge on any atom is 0.261 e. The number of rotatable bonds is 3. The summed E-state index contributed by atoms with van der Waals surface area (Å²) in [5.41, 5.74) is 1.84. The molecular weight excluding hydrogens is 284 g/mol. The van der Waals surface area contributed by atoms with E-state index in [1.165, 1.54) is 17.3 Å². The van der Waals surface area contributed by atoms with Crippen LogP contribution in [0.5, 0.6) is 0 Å². The molecule has 0 bridgehead atoms. The van der Waals surface area contributed by atoms with Gasteiger partial charge in [-0.1, -0.05) is 42.1 Å². The highest BCUT2D eigenvalue weighted by Gasteiger charge is 2.19. The first-order valence-corrected chi connectivity index (χ1v) is 7.87. The molecule has 2 aromatic rings. The molecule has 0 unspecified atom stereocenters. The first kappa shape index (κ1) is 13.9. The number of benzene rings is 1. The summed E-state index contributed by atoms with van der Waals surface area (Å²) in [5.74, 6) is 0.548. The van der Waals surface area contributed by atoms with Crippen molar-refractivity contribution in [1.82, 2.24) is 14.5 Å². The van der Waals surface area contributed by atoms with Crippen molar-refractivity contribution in [3.63, 3.8) is 0 Å². The molecule has 0 saturated heterocycles. The molecule has 0 aliphatic carbocycles. The molecule has 21 heavy (non-hydrogen) atoms. The van der Waals surface area contributed by atoms with E-state index >= 15 is 0 Å². The van der Waals surface area contributed by atoms with Gasteiger partial charge in [0.25, 0.3) is 5.56 Å². The van der Waals surface area contributed by atoms with Crippen LogP contribution in [-0.4, -0.2) is 27.0 Å². The predicted molar refractivity (Wildman–Crippen MR) is 85.1 cm³/mol. The van der Waals surface area contributed by atoms with Crippen LogP contribution in [-0.2, 0) is 20.1 Å². The smallest absolute Gasteiger partial charge is 0.261 e. The van der Waals surface area contributed by atoms with Crippen LogP contribution in [0.2, 0.25) is 0 Å². The van der Waals surface area contributed by atoms with Crippen LogP contribution in [0, 0.1) is 0 Å². The average molecular weight is 300 g/mol. The van der Waals surface area contributed by atoms with Gasteiger partial charge < -0.3 is 4.90 Å². The highest BCUT2D eigenvalue weighted by Crippen LogP contribution is 2.22. The second-order valence-electron chi connectivity index (χ2n) is 4.90. The zero-order valence-corrected chi connectivity index (χ0v) is 12.8. The van der Waals surface area contributed by atoms with Gasteiger partial charge in [-0.15, -0.1) is 0 Å². The van der Waals surface area contributed by atoms with E-state index in [2.05, 4.69) is 22.1 Å². The van der Waals surface area contributed by atoms with E-state index in [-0.39, 0.29) is 5.56 Å². The maximum absolute atomic E-state index is 12.4. The number of aromatic nitrogens is 2. The Balaban J connectivity index is 1.90. The zero-order valence-electron chi connectivity index (χ0n) is 12.0. The normalized spacial score (nSPS) is 13.3. The Morgan fingerprint density at radius 1 is 1.29 bits per heavy atom. The Labute approximate surface area is 127 Å². The van der Waals surface area contributed by atoms with Crippen molar-refractivity contribution in [2.24, 2.45) is 12.0 Å². The number of hydrogen-bond donors (Lipinski definition) is 0. The predicted octanol–water partition coefficient (Wildman–Crippen LogP) is 2.18. The van der Waals surface area contributed by atoms with Gasteiger partial charge in [-0.05, 0) is 11.8 Å². The van der Waals surface area contributed by atoms with Crippen LogP contribution in [0.25, 0.3) is 0 Å². The van der Waals surface area contributed by atoms with Crippen LogP contribution < -0.4 is 5.56 Å². The van der Waals surface area contributed by atoms with Gasteiger partial charge in [-0.2, -0.15) is 0 Å². The molecular formula is C15H16N4OS. The lowest BCUT2D eigenvalue weighted by molar-refractivity contribution is 0.407. The molecule has 0 radical (unpaired) electrons. The molecule has 0 atom stereocenters. The molecule has 0 fully saturated rings. The van der Waals surface area contributed by atoms with Crippen LogP contribution in [0.4, 0.5) is 5.82 Å². The Hall–Kier alpha value is -2.08. The molecule has 1 aliphatic heterocycles. The van der Waals surface area contributed by atoms with E-state index in [4.69, 9.17) is 0 Å². The van der Waals surface area contributed by atoms with Gasteiger partial charge in [0.1, 0.15) is 0 Å². The minimum Gasteiger partial charge on any atom is -0.354 e. The fraction of sp³-hybridized carbons (Fsp3) is 0.267. The lowest BCUT2D eigenvalue weighted by Crippen LogP contribution is -2.32. The number of aliphatic imine (C=N–C) groups is 1. The summed E-state index contributed by atoms with van der Waals surface area (Å²) in [5, 5.41) is 0.687. The van der Waals surface area contributed by atoms with E-state index in [9.17, 15) is 4.79 Å². The Morgan fingerprint density at radius 2 is 2.05 bits per heavy atom. The van der Waals surface area contributed by atoms with Crippen LogP contribution >= 0.6 is 11.8 Å². The van der Waals surface area contributed by atoms with E-state index in [1.54, 1.807) is 18.0 Å². The SMILES string of the molecule is CSc1nc2c(c(=O)n1C)CN(Cc1ccccc1)C=N2. The fourth-order valence-electron chi connectivity index (χ4n) is 2.34. The number of nitrogens with zero attached hydrogens (tertiary/aromatic N) is 4. The number of fused-ring (bicyclic) bond motifs is 1. The van der Waals surface area contributed by atoms with Crippen LogP contribution in [0.15, 0.2) is 45.3 Å². The molecule has 0 N–H and O–H groups in total. The number of thioether (sulfide) groups is 1. The van der Waals surface area contributed by atoms with E-state index < -0.39 is 0 Å². The van der Waals surface area contributed by atoms with Gasteiger partial charge in [-0.25, -0.2) is 9.98 Å². The summed E-state index contributed by atoms with van der Waals surface area (Å²) in [4.78, 5) is 23.2. The van der Waals surface area contributed by atoms with Crippen molar-refractivity contribution in [3.05, 3.63) is 51.8 Å². The minimum atomic E-state index is -0.0146. The lowest BCUT2D eigenvalue weighted by atomic mass is 10.2. The third-order valence-corrected chi connectivity index (χ3v) is 4.17. The van der Waals surface area contributed by atoms with E-state index in [1.807, 2.05) is 29.4 Å². The second kappa shape index (κ2) is 5.73. The summed E-state index contributed by atoms with van der Waals surface area (Å²) in [7, 11) is 1.75. The molecule has 1 aliphatic rings. The third kappa shape index (κ3) is 2.71. The molecule has 108 valence electrons. The summed E-state index contributed by atoms with van der Waals surface area (Å²) >= 11 is 1.45. The minimum absolute atomic E-state index is 0.0146. The first-order chi connectivity index (χ1) is 10.2. The quantitative estimate of drug-likeness (QED) is 0.644. The third-order valence-electron chi connectivity index (χ3n) is 3.44. The highest BCUT2D eigenvalue weighted by molar-refractivity contribution is 7.98. The standard InChI is InChI=1S/C15H16N4OS/c1-18-14(20)12-9-19(8-11-6-4-3-5-7-11)10-16-13(12)17-15(18)21-2/h3-7,10H,8-9H2,1-2H3. The fourth-order valence-corrected chi connectivity index (χ4v) is 2.88. The van der Waals surface area contributed by atoms with Gasteiger partial charge in [0.15, 0.2) is 11.0 Å². The molecule has 0 saturated carbocycles. The Bertz CT molecular complexity index is 739. The van der Waals surface area contributed by atoms with Crippen molar-refractivity contribution >= 4 is 23.9 Å². The van der Waals surface area contributed by atoms with Gasteiger partial charge in [-0.3, -0.25) is 9.36 Å². The second-order valence-corrected chi connectivity index (χ2v) is 5.67. The molecule has 0 amide bonds. The molecule has 1 aromatic carbocycles. The monoisotopic (exact) mass is 300 g/mol. The topological polar surface area (TPSA) is 50.5 Å². The molecule has 6 heteroatoms. The van der Waals surface area contributed by atoms with Gasteiger partial charge in [0.2, 0.25) is 0 Å². The van der Waals surface area contributed by atoms with Crippen molar-refractivity contribution in [2.75, 3.05) is 6.26 Å². The largest absolute Gasteiger partial charge is 0.354 e. The summed E-state index contributed by atoms with van der Waals surface area (Å²) in [6, 6.07) is 10.1. The molecule has 3 rings (SSSR count). The first-order valence-electron chi connectivity index (χ1n) is 6.65. The average Bonchev–Trinajstić information content (AvgIpc) is 2.52. The van der Waals surface area contributed by atoms with E-state index in [0.717, 1.165) is 6.54 Å². The van der Waals surface area contributed by atoms with Gasteiger partial charge >= 0.3 is 0 Å². The van der Waals surface area contributed by atoms with Crippen molar-refractivity contribution < 1.29 is 0 Å². The van der Waals surface area contributed by atoms with Crippen molar-refractivity contribution in [1.29, 1.82) is 0 Å². The molecule has 1 aromatic heterocycles. The summed E-state index contributed by atoms with van der Waals surface area (Å²) in [6.45, 7) is 1.28. The maximum atomic E-state index is 12.4. The van der Waals surface area contributed by atoms with Crippen LogP contribution in [0.3, 0.4) is 0 Å². The van der Waals surface area contributed by atoms with Gasteiger partial charge in [0.05, 0.1) is 18.4 Å². The summed E-state index contributed by atoms with van der Waals surface area (Å²) < 4.78 is 1.59. The molecule has 0 spiro atoms. The Kier molecular flexibility index (Phi) is 3.79. The van der Waals surface area contributed by atoms with Crippen molar-refractivity contribution in [3.8, 4) is 0 Å². The molecule has 2 heterocycles. The van der Waals surface area contributed by atoms with Gasteiger partial charge in [0, 0.05) is 13.6 Å². The van der Waals surface area contributed by atoms with Crippen LogP contribution in [0.1, 0.15) is 11.1 Å². The summed E-state index contributed by atoms with van der Waals surface area (Å²) in [6.07, 6.45) is 3.67.